The molecule has 0 radical (unpaired) electrons. The zero-order valence-electron chi connectivity index (χ0n) is 16.3. The third-order valence-electron chi connectivity index (χ3n) is 4.63. The van der Waals surface area contributed by atoms with Crippen molar-refractivity contribution in [2.45, 2.75) is 63.9 Å². The molecule has 1 aromatic rings. The predicted octanol–water partition coefficient (Wildman–Crippen LogP) is 3.40. The first-order valence-electron chi connectivity index (χ1n) is 9.85. The lowest BCUT2D eigenvalue weighted by Crippen LogP contribution is -2.43. The summed E-state index contributed by atoms with van der Waals surface area (Å²) in [6.45, 7) is -0.852. The molecule has 1 saturated carbocycles. The van der Waals surface area contributed by atoms with Gasteiger partial charge in [-0.1, -0.05) is 43.5 Å². The Labute approximate surface area is 168 Å². The molecular weight excluding hydrogens is 387 g/mol. The molecule has 2 rings (SSSR count). The van der Waals surface area contributed by atoms with Gasteiger partial charge in [0.2, 0.25) is 5.91 Å². The minimum absolute atomic E-state index is 0.124. The molecule has 0 unspecified atom stereocenters. The van der Waals surface area contributed by atoms with Crippen molar-refractivity contribution >= 4 is 11.9 Å². The lowest BCUT2D eigenvalue weighted by molar-refractivity contribution is -0.176. The summed E-state index contributed by atoms with van der Waals surface area (Å²) in [7, 11) is 0. The van der Waals surface area contributed by atoms with Gasteiger partial charge in [0.1, 0.15) is 6.61 Å². The van der Waals surface area contributed by atoms with E-state index >= 15 is 0 Å². The van der Waals surface area contributed by atoms with Crippen LogP contribution in [0.2, 0.25) is 0 Å². The fraction of sp³-hybridized carbons (Fsp3) is 0.600. The molecule has 9 heteroatoms. The molecular formula is C20H28F3N3O3. The van der Waals surface area contributed by atoms with Crippen molar-refractivity contribution in [3.63, 3.8) is 0 Å². The summed E-state index contributed by atoms with van der Waals surface area (Å²) in [6.07, 6.45) is 1.32. The van der Waals surface area contributed by atoms with E-state index in [1.165, 1.54) is 6.42 Å². The normalized spacial score (nSPS) is 15.0. The molecule has 0 bridgehead atoms. The fourth-order valence-electron chi connectivity index (χ4n) is 3.10. The second-order valence-electron chi connectivity index (χ2n) is 7.19. The predicted molar refractivity (Wildman–Crippen MR) is 102 cm³/mol. The van der Waals surface area contributed by atoms with Gasteiger partial charge >= 0.3 is 12.2 Å². The molecule has 162 valence electrons. The summed E-state index contributed by atoms with van der Waals surface area (Å²) >= 11 is 0. The van der Waals surface area contributed by atoms with Gasteiger partial charge in [0.05, 0.1) is 6.61 Å². The number of ether oxygens (including phenoxy) is 1. The van der Waals surface area contributed by atoms with Crippen LogP contribution < -0.4 is 16.0 Å². The van der Waals surface area contributed by atoms with Crippen molar-refractivity contribution in [1.29, 1.82) is 0 Å². The monoisotopic (exact) mass is 415 g/mol. The lowest BCUT2D eigenvalue weighted by atomic mass is 9.96. The average Bonchev–Trinajstić information content (AvgIpc) is 2.67. The Morgan fingerprint density at radius 3 is 2.31 bits per heavy atom. The third kappa shape index (κ3) is 10.2. The average molecular weight is 415 g/mol. The van der Waals surface area contributed by atoms with Crippen LogP contribution in [-0.4, -0.2) is 37.3 Å². The first-order chi connectivity index (χ1) is 13.8. The maximum Gasteiger partial charge on any atom is 0.411 e. The smallest absolute Gasteiger partial charge is 0.367 e. The van der Waals surface area contributed by atoms with Crippen LogP contribution in [-0.2, 0) is 22.7 Å². The molecule has 1 aliphatic rings. The number of hydrogen-bond donors (Lipinski definition) is 3. The number of halogens is 3. The molecule has 6 nitrogen and oxygen atoms in total. The van der Waals surface area contributed by atoms with Crippen LogP contribution in [0.1, 0.15) is 49.7 Å². The molecule has 1 aromatic carbocycles. The molecule has 29 heavy (non-hydrogen) atoms. The second kappa shape index (κ2) is 11.6. The van der Waals surface area contributed by atoms with E-state index < -0.39 is 12.8 Å². The maximum absolute atomic E-state index is 12.0. The quantitative estimate of drug-likeness (QED) is 0.578. The van der Waals surface area contributed by atoms with Gasteiger partial charge in [-0.2, -0.15) is 13.2 Å². The van der Waals surface area contributed by atoms with E-state index in [2.05, 4.69) is 20.7 Å². The van der Waals surface area contributed by atoms with Crippen LogP contribution in [0.25, 0.3) is 0 Å². The highest BCUT2D eigenvalue weighted by atomic mass is 19.4. The molecule has 3 amide bonds. The van der Waals surface area contributed by atoms with Crippen molar-refractivity contribution < 1.29 is 27.5 Å². The van der Waals surface area contributed by atoms with E-state index in [-0.39, 0.29) is 37.6 Å². The topological polar surface area (TPSA) is 79.5 Å². The van der Waals surface area contributed by atoms with Gasteiger partial charge in [-0.15, -0.1) is 0 Å². The summed E-state index contributed by atoms with van der Waals surface area (Å²) in [6, 6.07) is 6.75. The zero-order valence-corrected chi connectivity index (χ0v) is 16.3. The number of benzene rings is 1. The molecule has 0 heterocycles. The highest BCUT2D eigenvalue weighted by molar-refractivity contribution is 5.78. The van der Waals surface area contributed by atoms with Crippen LogP contribution in [0.4, 0.5) is 18.0 Å². The molecule has 0 spiro atoms. The summed E-state index contributed by atoms with van der Waals surface area (Å²) in [5.74, 6) is -0.194. The minimum Gasteiger partial charge on any atom is -0.367 e. The highest BCUT2D eigenvalue weighted by Gasteiger charge is 2.27. The first kappa shape index (κ1) is 23.0. The van der Waals surface area contributed by atoms with Crippen LogP contribution in [0, 0.1) is 0 Å². The maximum atomic E-state index is 12.0. The van der Waals surface area contributed by atoms with E-state index in [1.54, 1.807) is 24.3 Å². The number of hydrogen-bond acceptors (Lipinski definition) is 3. The van der Waals surface area contributed by atoms with E-state index in [0.717, 1.165) is 31.2 Å². The number of alkyl halides is 3. The lowest BCUT2D eigenvalue weighted by Gasteiger charge is -2.22. The van der Waals surface area contributed by atoms with Gasteiger partial charge in [-0.05, 0) is 24.0 Å². The largest absolute Gasteiger partial charge is 0.411 e. The Balaban J connectivity index is 1.57. The van der Waals surface area contributed by atoms with Crippen molar-refractivity contribution in [3.8, 4) is 0 Å². The summed E-state index contributed by atoms with van der Waals surface area (Å²) in [5.41, 5.74) is 1.44. The molecule has 1 fully saturated rings. The van der Waals surface area contributed by atoms with Gasteiger partial charge in [0.25, 0.3) is 0 Å². The Bertz CT molecular complexity index is 645. The van der Waals surface area contributed by atoms with Gasteiger partial charge in [0, 0.05) is 25.6 Å². The molecule has 0 aromatic heterocycles. The number of rotatable bonds is 9. The van der Waals surface area contributed by atoms with E-state index in [0.29, 0.717) is 12.1 Å². The summed E-state index contributed by atoms with van der Waals surface area (Å²) in [4.78, 5) is 23.7. The standard InChI is InChI=1S/C20H28F3N3O3/c21-20(22,23)14-29-13-16-8-6-15(7-9-16)12-25-18(27)10-11-24-19(28)26-17-4-2-1-3-5-17/h6-9,17H,1-5,10-14H2,(H,25,27)(H2,24,26,28). The van der Waals surface area contributed by atoms with E-state index in [9.17, 15) is 22.8 Å². The number of carbonyl (C=O) groups excluding carboxylic acids is 2. The Morgan fingerprint density at radius 2 is 1.66 bits per heavy atom. The summed E-state index contributed by atoms with van der Waals surface area (Å²) < 4.78 is 40.7. The molecule has 0 aliphatic heterocycles. The SMILES string of the molecule is O=C(CCNC(=O)NC1CCCCC1)NCc1ccc(COCC(F)(F)F)cc1. The minimum atomic E-state index is -4.34. The van der Waals surface area contributed by atoms with Crippen molar-refractivity contribution in [2.24, 2.45) is 0 Å². The Morgan fingerprint density at radius 1 is 1.00 bits per heavy atom. The van der Waals surface area contributed by atoms with Gasteiger partial charge < -0.3 is 20.7 Å². The third-order valence-corrected chi connectivity index (χ3v) is 4.63. The van der Waals surface area contributed by atoms with Crippen molar-refractivity contribution in [1.82, 2.24) is 16.0 Å². The zero-order chi connectivity index (χ0) is 21.1. The van der Waals surface area contributed by atoms with E-state index in [1.807, 2.05) is 0 Å². The Kier molecular flexibility index (Phi) is 9.24. The van der Waals surface area contributed by atoms with Crippen LogP contribution >= 0.6 is 0 Å². The van der Waals surface area contributed by atoms with Gasteiger partial charge in [0.15, 0.2) is 0 Å². The first-order valence-corrected chi connectivity index (χ1v) is 9.85. The number of nitrogens with one attached hydrogen (secondary N) is 3. The van der Waals surface area contributed by atoms with Gasteiger partial charge in [-0.3, -0.25) is 4.79 Å². The molecule has 0 saturated heterocycles. The molecule has 1 aliphatic carbocycles. The van der Waals surface area contributed by atoms with E-state index in [4.69, 9.17) is 0 Å². The fourth-order valence-corrected chi connectivity index (χ4v) is 3.10. The van der Waals surface area contributed by atoms with Crippen LogP contribution in [0.15, 0.2) is 24.3 Å². The molecule has 0 atom stereocenters. The van der Waals surface area contributed by atoms with Crippen LogP contribution in [0.3, 0.4) is 0 Å². The van der Waals surface area contributed by atoms with Gasteiger partial charge in [-0.25, -0.2) is 4.79 Å². The number of carbonyl (C=O) groups is 2. The highest BCUT2D eigenvalue weighted by Crippen LogP contribution is 2.17. The Hall–Kier alpha value is -2.29. The summed E-state index contributed by atoms with van der Waals surface area (Å²) in [5, 5.41) is 8.36. The second-order valence-corrected chi connectivity index (χ2v) is 7.19. The number of urea groups is 1. The number of amides is 3. The van der Waals surface area contributed by atoms with Crippen LogP contribution in [0.5, 0.6) is 0 Å². The van der Waals surface area contributed by atoms with Crippen molar-refractivity contribution in [2.75, 3.05) is 13.2 Å². The molecule has 3 N–H and O–H groups in total. The van der Waals surface area contributed by atoms with Crippen molar-refractivity contribution in [3.05, 3.63) is 35.4 Å².